The van der Waals surface area contributed by atoms with Crippen molar-refractivity contribution in [3.63, 3.8) is 0 Å². The molecule has 0 spiro atoms. The normalized spacial score (nSPS) is 11.8. The van der Waals surface area contributed by atoms with E-state index in [4.69, 9.17) is 0 Å². The zero-order valence-corrected chi connectivity index (χ0v) is 17.3. The summed E-state index contributed by atoms with van der Waals surface area (Å²) < 4.78 is 28.2. The second-order valence-electron chi connectivity index (χ2n) is 6.98. The molecule has 3 aromatic rings. The minimum Gasteiger partial charge on any atom is -0.321 e. The lowest BCUT2D eigenvalue weighted by molar-refractivity contribution is 0.102. The summed E-state index contributed by atoms with van der Waals surface area (Å²) in [6.07, 6.45) is 0. The number of hydrogen-bond donors (Lipinski definition) is 1. The standard InChI is InChI=1S/C20H21N3O5S/c1-12(2)29(27,28)17-11-16-15(22(3)19(25)20(26)23(16)4)10-14(17)21-18(24)13-8-6-5-7-9-13/h5-12H,1-4H3,(H,21,24). The maximum absolute atomic E-state index is 13.0. The number of nitrogens with one attached hydrogen (secondary N) is 1. The summed E-state index contributed by atoms with van der Waals surface area (Å²) in [4.78, 5) is 36.9. The Morgan fingerprint density at radius 1 is 0.931 bits per heavy atom. The van der Waals surface area contributed by atoms with Crippen molar-refractivity contribution in [2.75, 3.05) is 5.32 Å². The van der Waals surface area contributed by atoms with E-state index in [1.807, 2.05) is 0 Å². The number of amides is 1. The van der Waals surface area contributed by atoms with Crippen LogP contribution in [0.1, 0.15) is 24.2 Å². The van der Waals surface area contributed by atoms with E-state index in [1.54, 1.807) is 30.3 Å². The van der Waals surface area contributed by atoms with Crippen molar-refractivity contribution in [1.29, 1.82) is 0 Å². The molecule has 0 fully saturated rings. The molecule has 1 amide bonds. The van der Waals surface area contributed by atoms with Gasteiger partial charge in [0.1, 0.15) is 0 Å². The Morgan fingerprint density at radius 2 is 1.45 bits per heavy atom. The quantitative estimate of drug-likeness (QED) is 0.653. The number of aromatic nitrogens is 2. The molecule has 0 atom stereocenters. The number of nitrogens with zero attached hydrogens (tertiary/aromatic N) is 2. The fourth-order valence-electron chi connectivity index (χ4n) is 2.97. The highest BCUT2D eigenvalue weighted by Crippen LogP contribution is 2.29. The Kier molecular flexibility index (Phi) is 5.18. The van der Waals surface area contributed by atoms with E-state index >= 15 is 0 Å². The fraction of sp³-hybridized carbons (Fsp3) is 0.250. The van der Waals surface area contributed by atoms with Gasteiger partial charge in [-0.25, -0.2) is 8.42 Å². The van der Waals surface area contributed by atoms with Crippen molar-refractivity contribution < 1.29 is 13.2 Å². The second-order valence-corrected chi connectivity index (χ2v) is 9.45. The Labute approximate surface area is 167 Å². The summed E-state index contributed by atoms with van der Waals surface area (Å²) in [5, 5.41) is 1.89. The van der Waals surface area contributed by atoms with Crippen LogP contribution in [-0.2, 0) is 23.9 Å². The maximum atomic E-state index is 13.0. The van der Waals surface area contributed by atoms with Crippen LogP contribution < -0.4 is 16.4 Å². The summed E-state index contributed by atoms with van der Waals surface area (Å²) in [5.41, 5.74) is -0.519. The first kappa shape index (κ1) is 20.5. The highest BCUT2D eigenvalue weighted by atomic mass is 32.2. The molecule has 0 bridgehead atoms. The van der Waals surface area contributed by atoms with Gasteiger partial charge in [0.15, 0.2) is 9.84 Å². The predicted molar refractivity (Wildman–Crippen MR) is 111 cm³/mol. The average molecular weight is 415 g/mol. The first-order valence-electron chi connectivity index (χ1n) is 8.89. The molecule has 29 heavy (non-hydrogen) atoms. The summed E-state index contributed by atoms with van der Waals surface area (Å²) in [6, 6.07) is 11.1. The van der Waals surface area contributed by atoms with Crippen LogP contribution in [0.3, 0.4) is 0 Å². The lowest BCUT2D eigenvalue weighted by Crippen LogP contribution is -2.39. The van der Waals surface area contributed by atoms with Crippen molar-refractivity contribution in [2.45, 2.75) is 24.0 Å². The van der Waals surface area contributed by atoms with Gasteiger partial charge in [-0.1, -0.05) is 18.2 Å². The molecular formula is C20H21N3O5S. The molecular weight excluding hydrogens is 394 g/mol. The topological polar surface area (TPSA) is 107 Å². The molecule has 1 aromatic heterocycles. The molecule has 8 nitrogen and oxygen atoms in total. The summed E-state index contributed by atoms with van der Waals surface area (Å²) in [7, 11) is -0.972. The van der Waals surface area contributed by atoms with E-state index in [1.165, 1.54) is 40.1 Å². The minimum atomic E-state index is -3.80. The van der Waals surface area contributed by atoms with E-state index in [0.29, 0.717) is 11.1 Å². The molecule has 3 rings (SSSR count). The number of fused-ring (bicyclic) bond motifs is 1. The summed E-state index contributed by atoms with van der Waals surface area (Å²) >= 11 is 0. The van der Waals surface area contributed by atoms with Crippen LogP contribution in [0.2, 0.25) is 0 Å². The summed E-state index contributed by atoms with van der Waals surface area (Å²) in [5.74, 6) is -0.486. The monoisotopic (exact) mass is 415 g/mol. The van der Waals surface area contributed by atoms with E-state index in [2.05, 4.69) is 5.32 Å². The highest BCUT2D eigenvalue weighted by Gasteiger charge is 2.26. The van der Waals surface area contributed by atoms with Gasteiger partial charge < -0.3 is 14.5 Å². The van der Waals surface area contributed by atoms with Crippen LogP contribution in [0.25, 0.3) is 11.0 Å². The molecule has 0 saturated carbocycles. The number of carbonyl (C=O) groups is 1. The van der Waals surface area contributed by atoms with Crippen LogP contribution in [-0.4, -0.2) is 28.7 Å². The molecule has 2 aromatic carbocycles. The zero-order valence-electron chi connectivity index (χ0n) is 16.5. The van der Waals surface area contributed by atoms with E-state index < -0.39 is 32.1 Å². The Hall–Kier alpha value is -3.20. The van der Waals surface area contributed by atoms with E-state index in [9.17, 15) is 22.8 Å². The largest absolute Gasteiger partial charge is 0.321 e. The first-order chi connectivity index (χ1) is 13.6. The van der Waals surface area contributed by atoms with Crippen LogP contribution in [0.4, 0.5) is 5.69 Å². The number of hydrogen-bond acceptors (Lipinski definition) is 5. The average Bonchev–Trinajstić information content (AvgIpc) is 2.70. The van der Waals surface area contributed by atoms with Crippen molar-refractivity contribution in [1.82, 2.24) is 9.13 Å². The number of carbonyl (C=O) groups excluding carboxylic acids is 1. The van der Waals surface area contributed by atoms with Gasteiger partial charge in [0, 0.05) is 19.7 Å². The van der Waals surface area contributed by atoms with Crippen LogP contribution in [0.5, 0.6) is 0 Å². The lowest BCUT2D eigenvalue weighted by atomic mass is 10.2. The third-order valence-electron chi connectivity index (χ3n) is 4.80. The smallest absolute Gasteiger partial charge is 0.316 e. The van der Waals surface area contributed by atoms with Crippen molar-refractivity contribution in [2.24, 2.45) is 14.1 Å². The van der Waals surface area contributed by atoms with Crippen LogP contribution >= 0.6 is 0 Å². The van der Waals surface area contributed by atoms with E-state index in [0.717, 1.165) is 9.13 Å². The lowest BCUT2D eigenvalue weighted by Gasteiger charge is -2.17. The SMILES string of the molecule is CC(C)S(=O)(=O)c1cc2c(cc1NC(=O)c1ccccc1)n(C)c(=O)c(=O)n2C. The fourth-order valence-corrected chi connectivity index (χ4v) is 4.17. The molecule has 1 N–H and O–H groups in total. The third-order valence-corrected chi connectivity index (χ3v) is 7.00. The van der Waals surface area contributed by atoms with Gasteiger partial charge in [-0.15, -0.1) is 0 Å². The molecule has 0 radical (unpaired) electrons. The highest BCUT2D eigenvalue weighted by molar-refractivity contribution is 7.92. The van der Waals surface area contributed by atoms with Gasteiger partial charge in [-0.3, -0.25) is 14.4 Å². The number of benzene rings is 2. The molecule has 9 heteroatoms. The van der Waals surface area contributed by atoms with Gasteiger partial charge in [0.2, 0.25) is 0 Å². The van der Waals surface area contributed by atoms with Gasteiger partial charge in [-0.2, -0.15) is 0 Å². The second kappa shape index (κ2) is 7.32. The minimum absolute atomic E-state index is 0.0497. The molecule has 0 saturated heterocycles. The molecule has 0 aliphatic rings. The molecule has 1 heterocycles. The van der Waals surface area contributed by atoms with Crippen molar-refractivity contribution in [3.05, 3.63) is 68.7 Å². The number of rotatable bonds is 4. The number of aryl methyl sites for hydroxylation is 2. The van der Waals surface area contributed by atoms with Crippen molar-refractivity contribution >= 4 is 32.5 Å². The van der Waals surface area contributed by atoms with E-state index in [-0.39, 0.29) is 16.1 Å². The molecule has 152 valence electrons. The maximum Gasteiger partial charge on any atom is 0.316 e. The third kappa shape index (κ3) is 3.49. The Bertz CT molecular complexity index is 1340. The van der Waals surface area contributed by atoms with Crippen LogP contribution in [0.15, 0.2) is 56.9 Å². The van der Waals surface area contributed by atoms with Crippen LogP contribution in [0, 0.1) is 0 Å². The first-order valence-corrected chi connectivity index (χ1v) is 10.4. The Balaban J connectivity index is 2.33. The predicted octanol–water partition coefficient (Wildman–Crippen LogP) is 1.67. The number of sulfone groups is 1. The van der Waals surface area contributed by atoms with Gasteiger partial charge in [-0.05, 0) is 38.1 Å². The number of anilines is 1. The van der Waals surface area contributed by atoms with Crippen molar-refractivity contribution in [3.8, 4) is 0 Å². The summed E-state index contributed by atoms with van der Waals surface area (Å²) in [6.45, 7) is 3.06. The zero-order chi connectivity index (χ0) is 21.5. The molecule has 0 unspecified atom stereocenters. The van der Waals surface area contributed by atoms with Gasteiger partial charge in [0.05, 0.1) is 26.9 Å². The molecule has 0 aliphatic carbocycles. The van der Waals surface area contributed by atoms with Gasteiger partial charge >= 0.3 is 11.1 Å². The van der Waals surface area contributed by atoms with Gasteiger partial charge in [0.25, 0.3) is 5.91 Å². The molecule has 0 aliphatic heterocycles. The Morgan fingerprint density at radius 3 is 1.97 bits per heavy atom.